The molecular weight excluding hydrogens is 454 g/mol. The van der Waals surface area contributed by atoms with E-state index in [1.165, 1.54) is 6.33 Å². The van der Waals surface area contributed by atoms with Crippen LogP contribution in [0.25, 0.3) is 16.8 Å². The summed E-state index contributed by atoms with van der Waals surface area (Å²) < 4.78 is 5.11. The lowest BCUT2D eigenvalue weighted by atomic mass is 9.47. The minimum Gasteiger partial charge on any atom is -0.322 e. The van der Waals surface area contributed by atoms with Crippen molar-refractivity contribution in [2.24, 2.45) is 24.3 Å². The Morgan fingerprint density at radius 1 is 1.24 bits per heavy atom. The zero-order valence-corrected chi connectivity index (χ0v) is 19.3. The number of aromatic nitrogens is 7. The molecule has 0 radical (unpaired) electrons. The quantitative estimate of drug-likeness (QED) is 0.482. The first-order valence-corrected chi connectivity index (χ1v) is 11.9. The maximum absolute atomic E-state index is 13.6. The number of pyridine rings is 1. The molecule has 4 aromatic rings. The van der Waals surface area contributed by atoms with Gasteiger partial charge in [0.2, 0.25) is 5.95 Å². The van der Waals surface area contributed by atoms with Crippen molar-refractivity contribution in [1.29, 1.82) is 5.26 Å². The molecule has 1 N–H and O–H groups in total. The number of aryl methyl sites for hydroxylation is 1. The Hall–Kier alpha value is -3.45. The molecule has 4 aliphatic rings. The molecule has 4 aromatic heterocycles. The van der Waals surface area contributed by atoms with Gasteiger partial charge in [-0.05, 0) is 50.4 Å². The van der Waals surface area contributed by atoms with E-state index in [1.807, 2.05) is 4.57 Å². The molecule has 4 heterocycles. The average molecular weight is 476 g/mol. The maximum atomic E-state index is 13.6. The van der Waals surface area contributed by atoms with Gasteiger partial charge in [0.15, 0.2) is 11.3 Å². The van der Waals surface area contributed by atoms with Crippen LogP contribution in [0.5, 0.6) is 0 Å². The Balaban J connectivity index is 1.36. The van der Waals surface area contributed by atoms with Gasteiger partial charge >= 0.3 is 5.69 Å². The molecule has 0 aromatic carbocycles. The lowest BCUT2D eigenvalue weighted by molar-refractivity contribution is -0.0746. The number of nitrogens with zero attached hydrogens (tertiary/aromatic N) is 8. The Morgan fingerprint density at radius 2 is 2.03 bits per heavy atom. The summed E-state index contributed by atoms with van der Waals surface area (Å²) in [6.45, 7) is 0. The Bertz CT molecular complexity index is 1580. The van der Waals surface area contributed by atoms with E-state index in [9.17, 15) is 10.1 Å². The van der Waals surface area contributed by atoms with Gasteiger partial charge in [-0.1, -0.05) is 11.6 Å². The number of anilines is 2. The van der Waals surface area contributed by atoms with Gasteiger partial charge in [-0.15, -0.1) is 0 Å². The molecule has 172 valence electrons. The Kier molecular flexibility index (Phi) is 3.86. The molecule has 2 atom stereocenters. The minimum absolute atomic E-state index is 0.0986. The predicted octanol–water partition coefficient (Wildman–Crippen LogP) is 3.39. The van der Waals surface area contributed by atoms with Crippen molar-refractivity contribution in [3.8, 4) is 6.07 Å². The second-order valence-corrected chi connectivity index (χ2v) is 10.8. The van der Waals surface area contributed by atoms with Crippen LogP contribution in [-0.2, 0) is 12.6 Å². The van der Waals surface area contributed by atoms with Gasteiger partial charge in [0.1, 0.15) is 11.8 Å². The fraction of sp³-hybridized carbons (Fsp3) is 0.478. The predicted molar refractivity (Wildman–Crippen MR) is 125 cm³/mol. The van der Waals surface area contributed by atoms with Crippen molar-refractivity contribution in [3.05, 3.63) is 40.3 Å². The van der Waals surface area contributed by atoms with Gasteiger partial charge in [0.25, 0.3) is 0 Å². The third-order valence-electron chi connectivity index (χ3n) is 8.15. The SMILES string of the molecule is Cn1c(=O)n(C23CC4CC(CC(C#N)(C4)C2)C3)c2nc(Nc3cn4ncnc4cc3Cl)ncc21. The molecule has 0 saturated heterocycles. The molecule has 4 aliphatic carbocycles. The molecule has 2 unspecified atom stereocenters. The molecule has 0 amide bonds. The summed E-state index contributed by atoms with van der Waals surface area (Å²) in [6, 6.07) is 4.36. The normalized spacial score (nSPS) is 29.7. The summed E-state index contributed by atoms with van der Waals surface area (Å²) in [5.41, 5.74) is 1.69. The first kappa shape index (κ1) is 20.0. The van der Waals surface area contributed by atoms with Crippen molar-refractivity contribution in [2.45, 2.75) is 44.1 Å². The molecule has 8 rings (SSSR count). The first-order chi connectivity index (χ1) is 16.4. The number of nitrogens with one attached hydrogen (secondary N) is 1. The van der Waals surface area contributed by atoms with Gasteiger partial charge in [-0.25, -0.2) is 19.3 Å². The van der Waals surface area contributed by atoms with Gasteiger partial charge < -0.3 is 5.32 Å². The van der Waals surface area contributed by atoms with E-state index in [1.54, 1.807) is 34.6 Å². The summed E-state index contributed by atoms with van der Waals surface area (Å²) in [5, 5.41) is 17.9. The van der Waals surface area contributed by atoms with Gasteiger partial charge in [-0.2, -0.15) is 15.3 Å². The van der Waals surface area contributed by atoms with E-state index in [4.69, 9.17) is 16.6 Å². The van der Waals surface area contributed by atoms with Crippen molar-refractivity contribution < 1.29 is 0 Å². The highest BCUT2D eigenvalue weighted by Gasteiger charge is 2.59. The Labute approximate surface area is 199 Å². The number of hydrogen-bond acceptors (Lipinski definition) is 7. The number of imidazole rings is 1. The molecule has 10 nitrogen and oxygen atoms in total. The van der Waals surface area contributed by atoms with Crippen molar-refractivity contribution in [2.75, 3.05) is 5.32 Å². The van der Waals surface area contributed by atoms with Gasteiger partial charge in [-0.3, -0.25) is 9.13 Å². The van der Waals surface area contributed by atoms with Crippen LogP contribution in [-0.4, -0.2) is 33.7 Å². The average Bonchev–Trinajstić information content (AvgIpc) is 3.35. The largest absolute Gasteiger partial charge is 0.330 e. The fourth-order valence-corrected chi connectivity index (χ4v) is 7.45. The lowest BCUT2D eigenvalue weighted by Crippen LogP contribution is -2.58. The fourth-order valence-electron chi connectivity index (χ4n) is 7.25. The zero-order valence-electron chi connectivity index (χ0n) is 18.6. The first-order valence-electron chi connectivity index (χ1n) is 11.5. The molecule has 0 aliphatic heterocycles. The van der Waals surface area contributed by atoms with Crippen LogP contribution in [0.3, 0.4) is 0 Å². The molecule has 4 saturated carbocycles. The van der Waals surface area contributed by atoms with Gasteiger partial charge in [0.05, 0.1) is 40.1 Å². The third kappa shape index (κ3) is 2.64. The number of rotatable bonds is 3. The van der Waals surface area contributed by atoms with Crippen LogP contribution in [0.1, 0.15) is 38.5 Å². The second kappa shape index (κ2) is 6.57. The topological polar surface area (TPSA) is 119 Å². The summed E-state index contributed by atoms with van der Waals surface area (Å²) in [4.78, 5) is 26.9. The summed E-state index contributed by atoms with van der Waals surface area (Å²) in [7, 11) is 1.76. The van der Waals surface area contributed by atoms with Crippen LogP contribution >= 0.6 is 11.6 Å². The van der Waals surface area contributed by atoms with Crippen LogP contribution < -0.4 is 11.0 Å². The zero-order chi connectivity index (χ0) is 23.2. The van der Waals surface area contributed by atoms with E-state index in [2.05, 4.69) is 26.5 Å². The standard InChI is InChI=1S/C23H22ClN9O/c1-31-17-8-26-20(29-16-9-32-18(3-15(16)24)27-12-28-32)30-19(17)33(21(31)34)23-6-13-2-14(7-23)5-22(4-13,10-23)11-25/h3,8-9,12-14H,2,4-7,10H2,1H3,(H,26,29,30). The van der Waals surface area contributed by atoms with Crippen molar-refractivity contribution in [3.63, 3.8) is 0 Å². The van der Waals surface area contributed by atoms with E-state index >= 15 is 0 Å². The smallest absolute Gasteiger partial charge is 0.322 e. The molecule has 4 fully saturated rings. The molecule has 34 heavy (non-hydrogen) atoms. The lowest BCUT2D eigenvalue weighted by Gasteiger charge is -2.59. The monoisotopic (exact) mass is 475 g/mol. The minimum atomic E-state index is -0.376. The molecule has 11 heteroatoms. The highest BCUT2D eigenvalue weighted by atomic mass is 35.5. The van der Waals surface area contributed by atoms with Crippen LogP contribution in [0.4, 0.5) is 11.6 Å². The second-order valence-electron chi connectivity index (χ2n) is 10.4. The molecule has 0 spiro atoms. The van der Waals surface area contributed by atoms with E-state index < -0.39 is 0 Å². The summed E-state index contributed by atoms with van der Waals surface area (Å²) >= 11 is 6.44. The van der Waals surface area contributed by atoms with E-state index in [0.29, 0.717) is 51.7 Å². The highest BCUT2D eigenvalue weighted by Crippen LogP contribution is 2.64. The molecule has 4 bridgehead atoms. The van der Waals surface area contributed by atoms with Crippen molar-refractivity contribution >= 4 is 40.0 Å². The summed E-state index contributed by atoms with van der Waals surface area (Å²) in [5.74, 6) is 1.30. The summed E-state index contributed by atoms with van der Waals surface area (Å²) in [6.07, 6.45) is 10.5. The van der Waals surface area contributed by atoms with Crippen LogP contribution in [0, 0.1) is 28.6 Å². The van der Waals surface area contributed by atoms with E-state index in [0.717, 1.165) is 32.1 Å². The number of halogens is 1. The van der Waals surface area contributed by atoms with Crippen molar-refractivity contribution in [1.82, 2.24) is 33.7 Å². The van der Waals surface area contributed by atoms with Crippen LogP contribution in [0.2, 0.25) is 5.02 Å². The third-order valence-corrected chi connectivity index (χ3v) is 8.47. The number of fused-ring (bicyclic) bond motifs is 2. The van der Waals surface area contributed by atoms with E-state index in [-0.39, 0.29) is 16.6 Å². The maximum Gasteiger partial charge on any atom is 0.330 e. The Morgan fingerprint density at radius 3 is 2.79 bits per heavy atom. The number of nitriles is 1. The number of hydrogen-bond donors (Lipinski definition) is 1. The van der Waals surface area contributed by atoms with Crippen LogP contribution in [0.15, 0.2) is 29.6 Å². The highest BCUT2D eigenvalue weighted by molar-refractivity contribution is 6.33. The molecular formula is C23H22ClN9O. The van der Waals surface area contributed by atoms with Gasteiger partial charge in [0, 0.05) is 13.1 Å².